The minimum Gasteiger partial charge on any atom is -0.350 e. The first-order valence-electron chi connectivity index (χ1n) is 7.97. The number of nitrogens with zero attached hydrogens (tertiary/aromatic N) is 3. The maximum Gasteiger partial charge on any atom is 0.255 e. The molecular formula is C19H19N3O. The van der Waals surface area contributed by atoms with Crippen LogP contribution in [-0.4, -0.2) is 33.4 Å². The number of carbonyl (C=O) groups is 1. The largest absolute Gasteiger partial charge is 0.350 e. The van der Waals surface area contributed by atoms with Gasteiger partial charge in [0.15, 0.2) is 0 Å². The summed E-state index contributed by atoms with van der Waals surface area (Å²) < 4.78 is 2.18. The van der Waals surface area contributed by atoms with E-state index < -0.39 is 0 Å². The Morgan fingerprint density at radius 3 is 2.91 bits per heavy atom. The van der Waals surface area contributed by atoms with Crippen LogP contribution in [0.4, 0.5) is 0 Å². The molecule has 1 amide bonds. The van der Waals surface area contributed by atoms with Crippen molar-refractivity contribution in [3.8, 4) is 0 Å². The van der Waals surface area contributed by atoms with Crippen molar-refractivity contribution >= 4 is 16.8 Å². The molecule has 116 valence electrons. The predicted molar refractivity (Wildman–Crippen MR) is 90.4 cm³/mol. The highest BCUT2D eigenvalue weighted by atomic mass is 16.2. The van der Waals surface area contributed by atoms with E-state index in [1.807, 2.05) is 17.0 Å². The van der Waals surface area contributed by atoms with Gasteiger partial charge in [0.25, 0.3) is 5.91 Å². The summed E-state index contributed by atoms with van der Waals surface area (Å²) in [6, 6.07) is 12.1. The topological polar surface area (TPSA) is 38.1 Å². The minimum atomic E-state index is 0.0841. The molecule has 1 aliphatic heterocycles. The van der Waals surface area contributed by atoms with E-state index in [-0.39, 0.29) is 5.91 Å². The second kappa shape index (κ2) is 5.54. The summed E-state index contributed by atoms with van der Waals surface area (Å²) in [7, 11) is 2.08. The van der Waals surface area contributed by atoms with Crippen LogP contribution in [-0.2, 0) is 7.05 Å². The summed E-state index contributed by atoms with van der Waals surface area (Å²) in [6.07, 6.45) is 6.57. The molecule has 0 spiro atoms. The lowest BCUT2D eigenvalue weighted by molar-refractivity contribution is 0.0790. The summed E-state index contributed by atoms with van der Waals surface area (Å²) in [6.45, 7) is 1.59. The molecule has 4 rings (SSSR count). The van der Waals surface area contributed by atoms with E-state index in [4.69, 9.17) is 0 Å². The number of rotatable bonds is 2. The monoisotopic (exact) mass is 305 g/mol. The Morgan fingerprint density at radius 2 is 2.09 bits per heavy atom. The van der Waals surface area contributed by atoms with Gasteiger partial charge in [-0.1, -0.05) is 18.2 Å². The summed E-state index contributed by atoms with van der Waals surface area (Å²) in [4.78, 5) is 18.6. The van der Waals surface area contributed by atoms with Crippen molar-refractivity contribution in [1.29, 1.82) is 0 Å². The van der Waals surface area contributed by atoms with Crippen LogP contribution in [0, 0.1) is 0 Å². The number of hydrogen-bond acceptors (Lipinski definition) is 2. The third kappa shape index (κ3) is 2.40. The molecule has 1 aromatic carbocycles. The van der Waals surface area contributed by atoms with E-state index in [2.05, 4.69) is 47.1 Å². The van der Waals surface area contributed by atoms with Crippen molar-refractivity contribution in [1.82, 2.24) is 14.5 Å². The number of carbonyl (C=O) groups excluding carboxylic acids is 1. The van der Waals surface area contributed by atoms with E-state index in [9.17, 15) is 4.79 Å². The third-order valence-electron chi connectivity index (χ3n) is 4.75. The number of pyridine rings is 1. The van der Waals surface area contributed by atoms with Crippen LogP contribution in [0.3, 0.4) is 0 Å². The van der Waals surface area contributed by atoms with Crippen molar-refractivity contribution in [2.75, 3.05) is 13.1 Å². The molecule has 3 heterocycles. The Labute approximate surface area is 135 Å². The van der Waals surface area contributed by atoms with Crippen LogP contribution < -0.4 is 0 Å². The zero-order valence-electron chi connectivity index (χ0n) is 13.1. The second-order valence-electron chi connectivity index (χ2n) is 6.19. The number of amides is 1. The molecule has 0 N–H and O–H groups in total. The highest BCUT2D eigenvalue weighted by molar-refractivity contribution is 5.94. The summed E-state index contributed by atoms with van der Waals surface area (Å²) >= 11 is 0. The number of hydrogen-bond donors (Lipinski definition) is 0. The lowest BCUT2D eigenvalue weighted by Crippen LogP contribution is -2.28. The molecule has 0 aliphatic carbocycles. The Balaban J connectivity index is 1.60. The SMILES string of the molecule is Cn1cc(C2CCN(C(=O)c3cccnc3)C2)c2ccccc21. The second-order valence-corrected chi connectivity index (χ2v) is 6.19. The Morgan fingerprint density at radius 1 is 1.22 bits per heavy atom. The van der Waals surface area contributed by atoms with Crippen molar-refractivity contribution in [3.63, 3.8) is 0 Å². The van der Waals surface area contributed by atoms with Crippen molar-refractivity contribution in [3.05, 3.63) is 66.1 Å². The molecule has 2 aromatic heterocycles. The molecule has 23 heavy (non-hydrogen) atoms. The van der Waals surface area contributed by atoms with Gasteiger partial charge in [0, 0.05) is 55.5 Å². The van der Waals surface area contributed by atoms with Crippen LogP contribution in [0.25, 0.3) is 10.9 Å². The first-order valence-corrected chi connectivity index (χ1v) is 7.97. The van der Waals surface area contributed by atoms with Gasteiger partial charge in [-0.25, -0.2) is 0 Å². The van der Waals surface area contributed by atoms with E-state index in [1.165, 1.54) is 16.5 Å². The number of fused-ring (bicyclic) bond motifs is 1. The van der Waals surface area contributed by atoms with E-state index in [0.717, 1.165) is 19.5 Å². The lowest BCUT2D eigenvalue weighted by Gasteiger charge is -2.16. The van der Waals surface area contributed by atoms with Gasteiger partial charge in [-0.2, -0.15) is 0 Å². The molecule has 1 saturated heterocycles. The number of aryl methyl sites for hydroxylation is 1. The van der Waals surface area contributed by atoms with Crippen LogP contribution in [0.1, 0.15) is 28.3 Å². The zero-order chi connectivity index (χ0) is 15.8. The van der Waals surface area contributed by atoms with Gasteiger partial charge in [0.1, 0.15) is 0 Å². The highest BCUT2D eigenvalue weighted by Gasteiger charge is 2.29. The van der Waals surface area contributed by atoms with Gasteiger partial charge in [-0.15, -0.1) is 0 Å². The molecule has 1 fully saturated rings. The summed E-state index contributed by atoms with van der Waals surface area (Å²) in [5.41, 5.74) is 3.27. The van der Waals surface area contributed by atoms with Gasteiger partial charge < -0.3 is 9.47 Å². The summed E-state index contributed by atoms with van der Waals surface area (Å²) in [5, 5.41) is 1.30. The predicted octanol–water partition coefficient (Wildman–Crippen LogP) is 3.20. The van der Waals surface area contributed by atoms with E-state index in [1.54, 1.807) is 12.4 Å². The van der Waals surface area contributed by atoms with Crippen molar-refractivity contribution in [2.45, 2.75) is 12.3 Å². The molecule has 1 atom stereocenters. The maximum absolute atomic E-state index is 12.6. The standard InChI is InChI=1S/C19H19N3O/c1-21-13-17(16-6-2-3-7-18(16)21)15-8-10-22(12-15)19(23)14-5-4-9-20-11-14/h2-7,9,11,13,15H,8,10,12H2,1H3. The molecule has 4 heteroatoms. The maximum atomic E-state index is 12.6. The van der Waals surface area contributed by atoms with E-state index >= 15 is 0 Å². The molecule has 4 nitrogen and oxygen atoms in total. The van der Waals surface area contributed by atoms with Gasteiger partial charge in [-0.05, 0) is 30.2 Å². The van der Waals surface area contributed by atoms with Crippen molar-refractivity contribution in [2.24, 2.45) is 7.05 Å². The molecule has 1 unspecified atom stereocenters. The minimum absolute atomic E-state index is 0.0841. The van der Waals surface area contributed by atoms with E-state index in [0.29, 0.717) is 11.5 Å². The van der Waals surface area contributed by atoms with Crippen molar-refractivity contribution < 1.29 is 4.79 Å². The van der Waals surface area contributed by atoms with Crippen LogP contribution in [0.2, 0.25) is 0 Å². The zero-order valence-corrected chi connectivity index (χ0v) is 13.1. The first-order chi connectivity index (χ1) is 11.2. The fourth-order valence-electron chi connectivity index (χ4n) is 3.57. The van der Waals surface area contributed by atoms with Crippen LogP contribution in [0.15, 0.2) is 55.0 Å². The van der Waals surface area contributed by atoms with Crippen LogP contribution >= 0.6 is 0 Å². The molecular weight excluding hydrogens is 286 g/mol. The normalized spacial score (nSPS) is 17.8. The molecule has 0 radical (unpaired) electrons. The Bertz CT molecular complexity index is 853. The van der Waals surface area contributed by atoms with Gasteiger partial charge in [0.2, 0.25) is 0 Å². The average Bonchev–Trinajstić information content (AvgIpc) is 3.21. The van der Waals surface area contributed by atoms with Gasteiger partial charge in [0.05, 0.1) is 5.56 Å². The average molecular weight is 305 g/mol. The van der Waals surface area contributed by atoms with Gasteiger partial charge in [-0.3, -0.25) is 9.78 Å². The molecule has 0 saturated carbocycles. The fourth-order valence-corrected chi connectivity index (χ4v) is 3.57. The molecule has 0 bridgehead atoms. The Hall–Kier alpha value is -2.62. The number of para-hydroxylation sites is 1. The first kappa shape index (κ1) is 14.0. The quantitative estimate of drug-likeness (QED) is 0.729. The smallest absolute Gasteiger partial charge is 0.255 e. The Kier molecular flexibility index (Phi) is 3.37. The molecule has 1 aliphatic rings. The van der Waals surface area contributed by atoms with Crippen LogP contribution in [0.5, 0.6) is 0 Å². The number of benzene rings is 1. The highest BCUT2D eigenvalue weighted by Crippen LogP contribution is 2.33. The number of aromatic nitrogens is 2. The van der Waals surface area contributed by atoms with Gasteiger partial charge >= 0.3 is 0 Å². The third-order valence-corrected chi connectivity index (χ3v) is 4.75. The lowest BCUT2D eigenvalue weighted by atomic mass is 9.98. The molecule has 3 aromatic rings. The summed E-state index contributed by atoms with van der Waals surface area (Å²) in [5.74, 6) is 0.488. The number of likely N-dealkylation sites (tertiary alicyclic amines) is 1. The fraction of sp³-hybridized carbons (Fsp3) is 0.263.